The van der Waals surface area contributed by atoms with Gasteiger partial charge in [-0.05, 0) is 28.1 Å². The highest BCUT2D eigenvalue weighted by atomic mass is 79.9. The maximum atomic E-state index is 9.28. The summed E-state index contributed by atoms with van der Waals surface area (Å²) >= 11 is 3.21. The van der Waals surface area contributed by atoms with Crippen molar-refractivity contribution in [2.45, 2.75) is 0 Å². The van der Waals surface area contributed by atoms with Crippen LogP contribution in [0.2, 0.25) is 0 Å². The third-order valence-electron chi connectivity index (χ3n) is 1.87. The van der Waals surface area contributed by atoms with E-state index in [9.17, 15) is 5.11 Å². The van der Waals surface area contributed by atoms with Crippen LogP contribution in [0.5, 0.6) is 5.75 Å². The molecular weight excluding hydrogens is 272 g/mol. The smallest absolute Gasteiger partial charge is 0.229 e. The van der Waals surface area contributed by atoms with Crippen molar-refractivity contribution in [2.75, 3.05) is 11.1 Å². The number of nitrogen functional groups attached to an aromatic ring is 1. The third-order valence-corrected chi connectivity index (χ3v) is 2.48. The van der Waals surface area contributed by atoms with Crippen molar-refractivity contribution in [3.05, 3.63) is 34.9 Å². The number of aromatic hydroxyl groups is 1. The van der Waals surface area contributed by atoms with Crippen molar-refractivity contribution in [3.8, 4) is 5.75 Å². The highest BCUT2D eigenvalue weighted by Crippen LogP contribution is 2.21. The quantitative estimate of drug-likeness (QED) is 0.786. The number of anilines is 3. The molecule has 6 heteroatoms. The standard InChI is InChI=1S/C10H9BrN4O/c11-8-5-13-10(15-9(8)12)14-6-2-1-3-7(16)4-6/h1-5,16H,(H3,12,13,14,15). The number of aromatic nitrogens is 2. The van der Waals surface area contributed by atoms with Gasteiger partial charge in [0.1, 0.15) is 11.6 Å². The van der Waals surface area contributed by atoms with Crippen molar-refractivity contribution in [1.29, 1.82) is 0 Å². The van der Waals surface area contributed by atoms with Crippen molar-refractivity contribution >= 4 is 33.4 Å². The molecule has 2 rings (SSSR count). The number of phenols is 1. The first kappa shape index (κ1) is 10.7. The summed E-state index contributed by atoms with van der Waals surface area (Å²) in [5.74, 6) is 0.916. The molecule has 0 bridgehead atoms. The lowest BCUT2D eigenvalue weighted by Gasteiger charge is -2.05. The maximum absolute atomic E-state index is 9.28. The van der Waals surface area contributed by atoms with E-state index in [4.69, 9.17) is 5.73 Å². The second-order valence-corrected chi connectivity index (χ2v) is 3.96. The van der Waals surface area contributed by atoms with Gasteiger partial charge in [0.25, 0.3) is 0 Å². The van der Waals surface area contributed by atoms with E-state index in [1.807, 2.05) is 0 Å². The first-order valence-electron chi connectivity index (χ1n) is 4.49. The molecule has 0 radical (unpaired) electrons. The summed E-state index contributed by atoms with van der Waals surface area (Å²) in [5, 5.41) is 12.2. The van der Waals surface area contributed by atoms with Crippen molar-refractivity contribution in [2.24, 2.45) is 0 Å². The van der Waals surface area contributed by atoms with E-state index >= 15 is 0 Å². The van der Waals surface area contributed by atoms with Crippen LogP contribution in [0.1, 0.15) is 0 Å². The first-order valence-corrected chi connectivity index (χ1v) is 5.28. The second kappa shape index (κ2) is 4.36. The van der Waals surface area contributed by atoms with Crippen LogP contribution in [-0.2, 0) is 0 Å². The zero-order chi connectivity index (χ0) is 11.5. The lowest BCUT2D eigenvalue weighted by atomic mass is 10.3. The SMILES string of the molecule is Nc1nc(Nc2cccc(O)c2)ncc1Br. The summed E-state index contributed by atoms with van der Waals surface area (Å²) in [6.07, 6.45) is 1.56. The summed E-state index contributed by atoms with van der Waals surface area (Å²) in [7, 11) is 0. The predicted octanol–water partition coefficient (Wildman–Crippen LogP) is 2.27. The van der Waals surface area contributed by atoms with Gasteiger partial charge in [-0.2, -0.15) is 4.98 Å². The molecule has 0 aliphatic heterocycles. The second-order valence-electron chi connectivity index (χ2n) is 3.10. The molecule has 2 aromatic rings. The summed E-state index contributed by atoms with van der Waals surface area (Å²) in [4.78, 5) is 8.06. The molecule has 16 heavy (non-hydrogen) atoms. The molecule has 1 aromatic heterocycles. The number of nitrogens with zero attached hydrogens (tertiary/aromatic N) is 2. The number of hydrogen-bond donors (Lipinski definition) is 3. The average molecular weight is 281 g/mol. The average Bonchev–Trinajstić information content (AvgIpc) is 2.24. The summed E-state index contributed by atoms with van der Waals surface area (Å²) in [6, 6.07) is 6.67. The van der Waals surface area contributed by atoms with E-state index in [2.05, 4.69) is 31.2 Å². The van der Waals surface area contributed by atoms with Gasteiger partial charge in [-0.25, -0.2) is 4.98 Å². The van der Waals surface area contributed by atoms with Crippen LogP contribution < -0.4 is 11.1 Å². The predicted molar refractivity (Wildman–Crippen MR) is 65.5 cm³/mol. The molecule has 1 aromatic carbocycles. The summed E-state index contributed by atoms with van der Waals surface area (Å²) in [5.41, 5.74) is 6.31. The van der Waals surface area contributed by atoms with Crippen LogP contribution in [0.25, 0.3) is 0 Å². The van der Waals surface area contributed by atoms with Crippen LogP contribution >= 0.6 is 15.9 Å². The van der Waals surface area contributed by atoms with Crippen LogP contribution in [0.4, 0.5) is 17.5 Å². The first-order chi connectivity index (χ1) is 7.65. The molecule has 4 N–H and O–H groups in total. The lowest BCUT2D eigenvalue weighted by molar-refractivity contribution is 0.475. The normalized spacial score (nSPS) is 10.1. The molecule has 0 fully saturated rings. The minimum absolute atomic E-state index is 0.176. The van der Waals surface area contributed by atoms with Gasteiger partial charge in [-0.15, -0.1) is 0 Å². The molecule has 1 heterocycles. The maximum Gasteiger partial charge on any atom is 0.229 e. The van der Waals surface area contributed by atoms with E-state index in [1.54, 1.807) is 30.5 Å². The fourth-order valence-corrected chi connectivity index (χ4v) is 1.34. The molecule has 0 saturated carbocycles. The Morgan fingerprint density at radius 3 is 2.88 bits per heavy atom. The van der Waals surface area contributed by atoms with Crippen molar-refractivity contribution < 1.29 is 5.11 Å². The molecule has 0 aliphatic carbocycles. The van der Waals surface area contributed by atoms with Crippen LogP contribution in [0, 0.1) is 0 Å². The van der Waals surface area contributed by atoms with E-state index in [0.717, 1.165) is 0 Å². The van der Waals surface area contributed by atoms with Crippen LogP contribution in [-0.4, -0.2) is 15.1 Å². The largest absolute Gasteiger partial charge is 0.508 e. The van der Waals surface area contributed by atoms with Crippen molar-refractivity contribution in [1.82, 2.24) is 9.97 Å². The van der Waals surface area contributed by atoms with Gasteiger partial charge in [0.05, 0.1) is 4.47 Å². The molecular formula is C10H9BrN4O. The summed E-state index contributed by atoms with van der Waals surface area (Å²) in [6.45, 7) is 0. The molecule has 0 unspecified atom stereocenters. The fraction of sp³-hybridized carbons (Fsp3) is 0. The van der Waals surface area contributed by atoms with Gasteiger partial charge in [0.2, 0.25) is 5.95 Å². The van der Waals surface area contributed by atoms with Crippen LogP contribution in [0.3, 0.4) is 0 Å². The Morgan fingerprint density at radius 2 is 2.19 bits per heavy atom. The van der Waals surface area contributed by atoms with E-state index < -0.39 is 0 Å². The van der Waals surface area contributed by atoms with Gasteiger partial charge in [-0.3, -0.25) is 0 Å². The van der Waals surface area contributed by atoms with Gasteiger partial charge >= 0.3 is 0 Å². The number of halogens is 1. The number of nitrogens with one attached hydrogen (secondary N) is 1. The Bertz CT molecular complexity index is 518. The number of rotatable bonds is 2. The topological polar surface area (TPSA) is 84.1 Å². The molecule has 0 amide bonds. The Kier molecular flexibility index (Phi) is 2.91. The minimum Gasteiger partial charge on any atom is -0.508 e. The minimum atomic E-state index is 0.176. The number of benzene rings is 1. The molecule has 0 saturated heterocycles. The molecule has 0 spiro atoms. The Morgan fingerprint density at radius 1 is 1.38 bits per heavy atom. The van der Waals surface area contributed by atoms with Gasteiger partial charge in [0, 0.05) is 18.0 Å². The zero-order valence-electron chi connectivity index (χ0n) is 8.18. The lowest BCUT2D eigenvalue weighted by Crippen LogP contribution is -2.00. The number of nitrogens with two attached hydrogens (primary N) is 1. The monoisotopic (exact) mass is 280 g/mol. The Hall–Kier alpha value is -1.82. The van der Waals surface area contributed by atoms with E-state index in [-0.39, 0.29) is 5.75 Å². The van der Waals surface area contributed by atoms with Gasteiger partial charge in [0.15, 0.2) is 0 Å². The number of phenolic OH excluding ortho intramolecular Hbond substituents is 1. The Labute approximate surface area is 100 Å². The summed E-state index contributed by atoms with van der Waals surface area (Å²) < 4.78 is 0.647. The van der Waals surface area contributed by atoms with Gasteiger partial charge in [-0.1, -0.05) is 6.07 Å². The highest BCUT2D eigenvalue weighted by molar-refractivity contribution is 9.10. The van der Waals surface area contributed by atoms with E-state index in [1.165, 1.54) is 0 Å². The molecule has 0 aliphatic rings. The fourth-order valence-electron chi connectivity index (χ4n) is 1.15. The van der Waals surface area contributed by atoms with Crippen LogP contribution in [0.15, 0.2) is 34.9 Å². The van der Waals surface area contributed by atoms with Crippen molar-refractivity contribution in [3.63, 3.8) is 0 Å². The van der Waals surface area contributed by atoms with Gasteiger partial charge < -0.3 is 16.2 Å². The number of hydrogen-bond acceptors (Lipinski definition) is 5. The molecule has 0 atom stereocenters. The van der Waals surface area contributed by atoms with E-state index in [0.29, 0.717) is 21.9 Å². The third kappa shape index (κ3) is 2.40. The molecule has 82 valence electrons. The molecule has 5 nitrogen and oxygen atoms in total. The zero-order valence-corrected chi connectivity index (χ0v) is 9.77. The Balaban J connectivity index is 2.24. The highest BCUT2D eigenvalue weighted by Gasteiger charge is 2.02.